The van der Waals surface area contributed by atoms with Gasteiger partial charge in [0, 0.05) is 42.5 Å². The zero-order valence-electron chi connectivity index (χ0n) is 11.6. The maximum absolute atomic E-state index is 12.1. The van der Waals surface area contributed by atoms with E-state index in [1.165, 1.54) is 0 Å². The Labute approximate surface area is 119 Å². The van der Waals surface area contributed by atoms with Crippen LogP contribution in [0.1, 0.15) is 19.4 Å². The van der Waals surface area contributed by atoms with Crippen molar-refractivity contribution in [3.8, 4) is 0 Å². The van der Waals surface area contributed by atoms with Crippen LogP contribution in [0.2, 0.25) is 0 Å². The quantitative estimate of drug-likeness (QED) is 0.922. The fraction of sp³-hybridized carbons (Fsp3) is 0.571. The molecule has 1 aromatic heterocycles. The van der Waals surface area contributed by atoms with Crippen molar-refractivity contribution in [2.24, 2.45) is 0 Å². The fourth-order valence-corrected chi connectivity index (χ4v) is 3.27. The number of thioether (sulfide) groups is 1. The van der Waals surface area contributed by atoms with Gasteiger partial charge in [0.05, 0.1) is 0 Å². The smallest absolute Gasteiger partial charge is 0.317 e. The summed E-state index contributed by atoms with van der Waals surface area (Å²) in [6.07, 6.45) is 4.42. The van der Waals surface area contributed by atoms with Gasteiger partial charge >= 0.3 is 6.03 Å². The first-order chi connectivity index (χ1) is 9.07. The highest BCUT2D eigenvalue weighted by Crippen LogP contribution is 2.29. The van der Waals surface area contributed by atoms with Crippen LogP contribution in [0.4, 0.5) is 4.79 Å². The maximum atomic E-state index is 12.1. The molecule has 0 saturated carbocycles. The Balaban J connectivity index is 1.75. The summed E-state index contributed by atoms with van der Waals surface area (Å²) in [7, 11) is 0. The Morgan fingerprint density at radius 1 is 1.58 bits per heavy atom. The van der Waals surface area contributed by atoms with Crippen LogP contribution in [-0.2, 0) is 6.42 Å². The van der Waals surface area contributed by atoms with Crippen molar-refractivity contribution in [3.63, 3.8) is 0 Å². The van der Waals surface area contributed by atoms with Gasteiger partial charge < -0.3 is 10.2 Å². The third-order valence-electron chi connectivity index (χ3n) is 3.13. The van der Waals surface area contributed by atoms with Crippen LogP contribution in [0.25, 0.3) is 0 Å². The van der Waals surface area contributed by atoms with Gasteiger partial charge in [0.1, 0.15) is 0 Å². The third-order valence-corrected chi connectivity index (χ3v) is 4.42. The van der Waals surface area contributed by atoms with Crippen LogP contribution in [0.5, 0.6) is 0 Å². The number of nitrogens with one attached hydrogen (secondary N) is 1. The molecule has 0 radical (unpaired) electrons. The van der Waals surface area contributed by atoms with Gasteiger partial charge in [-0.3, -0.25) is 4.98 Å². The number of hydrogen-bond donors (Lipinski definition) is 1. The van der Waals surface area contributed by atoms with Crippen LogP contribution >= 0.6 is 11.8 Å². The zero-order valence-corrected chi connectivity index (χ0v) is 12.4. The second-order valence-corrected chi connectivity index (χ2v) is 7.18. The normalized spacial score (nSPS) is 18.1. The molecule has 0 bridgehead atoms. The maximum Gasteiger partial charge on any atom is 0.317 e. The predicted octanol–water partition coefficient (Wildman–Crippen LogP) is 2.16. The Morgan fingerprint density at radius 2 is 2.42 bits per heavy atom. The van der Waals surface area contributed by atoms with E-state index < -0.39 is 0 Å². The molecule has 0 unspecified atom stereocenters. The van der Waals surface area contributed by atoms with Gasteiger partial charge in [-0.05, 0) is 31.9 Å². The van der Waals surface area contributed by atoms with Crippen LogP contribution < -0.4 is 5.32 Å². The van der Waals surface area contributed by atoms with Crippen molar-refractivity contribution in [3.05, 3.63) is 30.1 Å². The number of carbonyl (C=O) groups excluding carboxylic acids is 1. The van der Waals surface area contributed by atoms with E-state index in [9.17, 15) is 4.79 Å². The first-order valence-corrected chi connectivity index (χ1v) is 7.61. The fourth-order valence-electron chi connectivity index (χ4n) is 2.16. The number of urea groups is 1. The van der Waals surface area contributed by atoms with Gasteiger partial charge in [-0.2, -0.15) is 11.8 Å². The Kier molecular flexibility index (Phi) is 4.69. The molecular formula is C14H21N3OS. The zero-order chi connectivity index (χ0) is 13.7. The summed E-state index contributed by atoms with van der Waals surface area (Å²) in [5, 5.41) is 2.99. The molecule has 5 heteroatoms. The Morgan fingerprint density at radius 3 is 3.11 bits per heavy atom. The van der Waals surface area contributed by atoms with Gasteiger partial charge in [0.2, 0.25) is 0 Å². The number of nitrogens with zero attached hydrogens (tertiary/aromatic N) is 2. The molecule has 1 aromatic rings. The molecule has 1 aliphatic rings. The molecular weight excluding hydrogens is 258 g/mol. The molecule has 0 spiro atoms. The predicted molar refractivity (Wildman–Crippen MR) is 79.4 cm³/mol. The summed E-state index contributed by atoms with van der Waals surface area (Å²) >= 11 is 1.93. The standard InChI is InChI=1S/C14H21N3OS/c1-14(2)11-17(8-9-19-14)13(18)16-7-5-12-4-3-6-15-10-12/h3-4,6,10H,5,7-9,11H2,1-2H3,(H,16,18). The van der Waals surface area contributed by atoms with Crippen LogP contribution in [-0.4, -0.2) is 46.0 Å². The van der Waals surface area contributed by atoms with Gasteiger partial charge in [-0.15, -0.1) is 0 Å². The molecule has 0 aliphatic carbocycles. The lowest BCUT2D eigenvalue weighted by Gasteiger charge is -2.37. The minimum atomic E-state index is 0.0530. The lowest BCUT2D eigenvalue weighted by Crippen LogP contribution is -2.50. The largest absolute Gasteiger partial charge is 0.338 e. The van der Waals surface area contributed by atoms with Crippen molar-refractivity contribution in [1.29, 1.82) is 0 Å². The minimum Gasteiger partial charge on any atom is -0.338 e. The molecule has 0 aromatic carbocycles. The third kappa shape index (κ3) is 4.42. The van der Waals surface area contributed by atoms with Crippen molar-refractivity contribution in [2.45, 2.75) is 25.0 Å². The molecule has 2 amide bonds. The van der Waals surface area contributed by atoms with E-state index in [2.05, 4.69) is 24.1 Å². The summed E-state index contributed by atoms with van der Waals surface area (Å²) < 4.78 is 0.166. The van der Waals surface area contributed by atoms with E-state index in [1.807, 2.05) is 35.0 Å². The molecule has 19 heavy (non-hydrogen) atoms. The topological polar surface area (TPSA) is 45.2 Å². The number of carbonyl (C=O) groups is 1. The molecule has 2 rings (SSSR count). The van der Waals surface area contributed by atoms with E-state index in [0.717, 1.165) is 30.8 Å². The van der Waals surface area contributed by atoms with Gasteiger partial charge in [0.25, 0.3) is 0 Å². The molecule has 1 N–H and O–H groups in total. The molecule has 4 nitrogen and oxygen atoms in total. The molecule has 0 atom stereocenters. The number of aromatic nitrogens is 1. The number of rotatable bonds is 3. The van der Waals surface area contributed by atoms with Gasteiger partial charge in [-0.25, -0.2) is 4.79 Å². The summed E-state index contributed by atoms with van der Waals surface area (Å²) in [6, 6.07) is 4.00. The minimum absolute atomic E-state index is 0.0530. The van der Waals surface area contributed by atoms with Crippen LogP contribution in [0.3, 0.4) is 0 Å². The molecule has 1 aliphatic heterocycles. The lowest BCUT2D eigenvalue weighted by atomic mass is 10.2. The second-order valence-electron chi connectivity index (χ2n) is 5.37. The van der Waals surface area contributed by atoms with Crippen LogP contribution in [0.15, 0.2) is 24.5 Å². The SMILES string of the molecule is CC1(C)CN(C(=O)NCCc2cccnc2)CCS1. The first-order valence-electron chi connectivity index (χ1n) is 6.62. The van der Waals surface area contributed by atoms with Crippen molar-refractivity contribution >= 4 is 17.8 Å². The van der Waals surface area contributed by atoms with Crippen LogP contribution in [0, 0.1) is 0 Å². The van der Waals surface area contributed by atoms with E-state index in [4.69, 9.17) is 0 Å². The highest BCUT2D eigenvalue weighted by Gasteiger charge is 2.29. The average molecular weight is 279 g/mol. The van der Waals surface area contributed by atoms with Gasteiger partial charge in [-0.1, -0.05) is 6.07 Å². The summed E-state index contributed by atoms with van der Waals surface area (Å²) in [4.78, 5) is 18.0. The van der Waals surface area contributed by atoms with E-state index >= 15 is 0 Å². The highest BCUT2D eigenvalue weighted by molar-refractivity contribution is 8.00. The van der Waals surface area contributed by atoms with E-state index in [1.54, 1.807) is 6.20 Å². The first kappa shape index (κ1) is 14.2. The molecule has 1 fully saturated rings. The Bertz CT molecular complexity index is 422. The molecule has 1 saturated heterocycles. The molecule has 2 heterocycles. The average Bonchev–Trinajstić information content (AvgIpc) is 2.38. The number of pyridine rings is 1. The number of amides is 2. The van der Waals surface area contributed by atoms with E-state index in [0.29, 0.717) is 6.54 Å². The van der Waals surface area contributed by atoms with Crippen molar-refractivity contribution in [1.82, 2.24) is 15.2 Å². The summed E-state index contributed by atoms with van der Waals surface area (Å²) in [6.45, 7) is 6.69. The second kappa shape index (κ2) is 6.28. The number of hydrogen-bond acceptors (Lipinski definition) is 3. The van der Waals surface area contributed by atoms with Crippen molar-refractivity contribution < 1.29 is 4.79 Å². The molecule has 104 valence electrons. The summed E-state index contributed by atoms with van der Waals surface area (Å²) in [5.41, 5.74) is 1.15. The van der Waals surface area contributed by atoms with Crippen molar-refractivity contribution in [2.75, 3.05) is 25.4 Å². The van der Waals surface area contributed by atoms with E-state index in [-0.39, 0.29) is 10.8 Å². The lowest BCUT2D eigenvalue weighted by molar-refractivity contribution is 0.195. The Hall–Kier alpha value is -1.23. The van der Waals surface area contributed by atoms with Gasteiger partial charge in [0.15, 0.2) is 0 Å². The summed E-state index contributed by atoms with van der Waals surface area (Å²) in [5.74, 6) is 1.02. The highest BCUT2D eigenvalue weighted by atomic mass is 32.2. The monoisotopic (exact) mass is 279 g/mol.